The number of nitrogens with one attached hydrogen (secondary N) is 1. The fraction of sp³-hybridized carbons (Fsp3) is 0.400. The van der Waals surface area contributed by atoms with Gasteiger partial charge in [-0.3, -0.25) is 9.59 Å². The van der Waals surface area contributed by atoms with Crippen molar-refractivity contribution in [2.45, 2.75) is 46.1 Å². The molecule has 0 spiro atoms. The molecule has 1 N–H and O–H groups in total. The van der Waals surface area contributed by atoms with Crippen LogP contribution in [0.15, 0.2) is 60.0 Å². The van der Waals surface area contributed by atoms with E-state index in [1.54, 1.807) is 11.3 Å². The van der Waals surface area contributed by atoms with Gasteiger partial charge in [-0.2, -0.15) is 0 Å². The lowest BCUT2D eigenvalue weighted by Crippen LogP contribution is -2.48. The summed E-state index contributed by atoms with van der Waals surface area (Å²) in [7, 11) is 0. The molecule has 2 aromatic carbocycles. The lowest BCUT2D eigenvalue weighted by Gasteiger charge is -2.42. The molecule has 37 heavy (non-hydrogen) atoms. The normalized spacial score (nSPS) is 17.0. The number of nitrogens with zero attached hydrogens (tertiary/aromatic N) is 1. The van der Waals surface area contributed by atoms with Crippen LogP contribution in [0.5, 0.6) is 11.5 Å². The van der Waals surface area contributed by atoms with E-state index < -0.39 is 5.92 Å². The topological polar surface area (TPSA) is 67.9 Å². The number of rotatable bonds is 11. The van der Waals surface area contributed by atoms with E-state index in [0.717, 1.165) is 27.5 Å². The van der Waals surface area contributed by atoms with Crippen molar-refractivity contribution in [3.63, 3.8) is 0 Å². The van der Waals surface area contributed by atoms with Crippen LogP contribution >= 0.6 is 11.3 Å². The first-order chi connectivity index (χ1) is 17.9. The minimum Gasteiger partial charge on any atom is -0.490 e. The minimum absolute atomic E-state index is 0.00964. The standard InChI is InChI=1S/C30H36N2O4S/c1-5-35-24-14-13-21(18-25(24)36-6-2)15-16-31-29(33)27-22-10-7-8-11-23(22)30(34)32(19-20(3)4)28(27)26-12-9-17-37-26/h7-14,17-18,20,27-28H,5-6,15-16,19H2,1-4H3,(H,31,33)/t27-,28-/m0/s1. The van der Waals surface area contributed by atoms with E-state index in [4.69, 9.17) is 9.47 Å². The second-order valence-electron chi connectivity index (χ2n) is 9.56. The van der Waals surface area contributed by atoms with E-state index >= 15 is 0 Å². The zero-order valence-electron chi connectivity index (χ0n) is 22.0. The van der Waals surface area contributed by atoms with Crippen molar-refractivity contribution in [3.05, 3.63) is 81.5 Å². The monoisotopic (exact) mass is 520 g/mol. The Bertz CT molecular complexity index is 1210. The highest BCUT2D eigenvalue weighted by Gasteiger charge is 2.44. The van der Waals surface area contributed by atoms with Crippen molar-refractivity contribution in [2.24, 2.45) is 5.92 Å². The van der Waals surface area contributed by atoms with Crippen molar-refractivity contribution in [1.29, 1.82) is 0 Å². The Kier molecular flexibility index (Phi) is 8.87. The molecule has 0 aliphatic carbocycles. The average Bonchev–Trinajstić information content (AvgIpc) is 3.41. The number of benzene rings is 2. The minimum atomic E-state index is -0.481. The maximum atomic E-state index is 13.8. The predicted molar refractivity (Wildman–Crippen MR) is 148 cm³/mol. The summed E-state index contributed by atoms with van der Waals surface area (Å²) in [6.07, 6.45) is 0.658. The van der Waals surface area contributed by atoms with Crippen LogP contribution in [0.3, 0.4) is 0 Å². The quantitative estimate of drug-likeness (QED) is 0.345. The molecule has 0 unspecified atom stereocenters. The Morgan fingerprint density at radius 3 is 2.49 bits per heavy atom. The largest absolute Gasteiger partial charge is 0.490 e. The predicted octanol–water partition coefficient (Wildman–Crippen LogP) is 5.84. The zero-order valence-corrected chi connectivity index (χ0v) is 22.8. The third-order valence-corrected chi connectivity index (χ3v) is 7.38. The number of amides is 2. The van der Waals surface area contributed by atoms with Gasteiger partial charge in [0.05, 0.1) is 25.2 Å². The van der Waals surface area contributed by atoms with Crippen LogP contribution in [-0.4, -0.2) is 43.0 Å². The fourth-order valence-electron chi connectivity index (χ4n) is 4.94. The van der Waals surface area contributed by atoms with E-state index in [2.05, 4.69) is 19.2 Å². The highest BCUT2D eigenvalue weighted by Crippen LogP contribution is 2.44. The summed E-state index contributed by atoms with van der Waals surface area (Å²) in [6, 6.07) is 17.1. The number of ether oxygens (including phenoxy) is 2. The van der Waals surface area contributed by atoms with Crippen LogP contribution in [0.25, 0.3) is 0 Å². The Morgan fingerprint density at radius 1 is 1.03 bits per heavy atom. The summed E-state index contributed by atoms with van der Waals surface area (Å²) in [5.41, 5.74) is 2.47. The SMILES string of the molecule is CCOc1ccc(CCNC(=O)[C@H]2c3ccccc3C(=O)N(CC(C)C)[C@H]2c2cccs2)cc1OCC. The zero-order chi connectivity index (χ0) is 26.4. The van der Waals surface area contributed by atoms with Gasteiger partial charge in [0.15, 0.2) is 11.5 Å². The molecular weight excluding hydrogens is 484 g/mol. The Hall–Kier alpha value is -3.32. The third-order valence-electron chi connectivity index (χ3n) is 6.44. The molecular formula is C30H36N2O4S. The molecule has 1 aliphatic heterocycles. The van der Waals surface area contributed by atoms with Crippen molar-refractivity contribution >= 4 is 23.2 Å². The maximum Gasteiger partial charge on any atom is 0.254 e. The van der Waals surface area contributed by atoms with E-state index in [1.807, 2.05) is 78.7 Å². The molecule has 2 heterocycles. The summed E-state index contributed by atoms with van der Waals surface area (Å²) < 4.78 is 11.4. The molecule has 1 aliphatic rings. The Labute approximate surface area is 223 Å². The average molecular weight is 521 g/mol. The molecule has 0 saturated carbocycles. The van der Waals surface area contributed by atoms with Gasteiger partial charge in [0.1, 0.15) is 0 Å². The van der Waals surface area contributed by atoms with Gasteiger partial charge in [-0.05, 0) is 67.0 Å². The van der Waals surface area contributed by atoms with Crippen LogP contribution in [0.1, 0.15) is 66.0 Å². The first-order valence-electron chi connectivity index (χ1n) is 13.0. The van der Waals surface area contributed by atoms with E-state index in [-0.39, 0.29) is 23.8 Å². The molecule has 0 radical (unpaired) electrons. The molecule has 196 valence electrons. The summed E-state index contributed by atoms with van der Waals surface area (Å²) >= 11 is 1.59. The first kappa shape index (κ1) is 26.7. The van der Waals surface area contributed by atoms with Crippen molar-refractivity contribution in [1.82, 2.24) is 10.2 Å². The molecule has 7 heteroatoms. The number of hydrogen-bond donors (Lipinski definition) is 1. The third kappa shape index (κ3) is 5.99. The van der Waals surface area contributed by atoms with Gasteiger partial charge in [0.25, 0.3) is 5.91 Å². The molecule has 2 atom stereocenters. The summed E-state index contributed by atoms with van der Waals surface area (Å²) in [5.74, 6) is 1.16. The molecule has 0 saturated heterocycles. The molecule has 0 fully saturated rings. The first-order valence-corrected chi connectivity index (χ1v) is 13.9. The Balaban J connectivity index is 1.58. The smallest absolute Gasteiger partial charge is 0.254 e. The fourth-order valence-corrected chi connectivity index (χ4v) is 5.81. The summed E-state index contributed by atoms with van der Waals surface area (Å²) in [6.45, 7) is 10.3. The molecule has 4 rings (SSSR count). The van der Waals surface area contributed by atoms with Gasteiger partial charge in [-0.25, -0.2) is 0 Å². The number of hydrogen-bond acceptors (Lipinski definition) is 5. The number of fused-ring (bicyclic) bond motifs is 1. The van der Waals surface area contributed by atoms with Crippen LogP contribution < -0.4 is 14.8 Å². The highest BCUT2D eigenvalue weighted by molar-refractivity contribution is 7.10. The second-order valence-corrected chi connectivity index (χ2v) is 10.5. The van der Waals surface area contributed by atoms with Crippen LogP contribution in [0.2, 0.25) is 0 Å². The van der Waals surface area contributed by atoms with Gasteiger partial charge in [-0.15, -0.1) is 11.3 Å². The summed E-state index contributed by atoms with van der Waals surface area (Å²) in [5, 5.41) is 5.17. The number of carbonyl (C=O) groups excluding carboxylic acids is 2. The van der Waals surface area contributed by atoms with E-state index in [1.165, 1.54) is 0 Å². The van der Waals surface area contributed by atoms with Gasteiger partial charge in [0.2, 0.25) is 5.91 Å². The van der Waals surface area contributed by atoms with Gasteiger partial charge < -0.3 is 19.7 Å². The second kappa shape index (κ2) is 12.3. The lowest BCUT2D eigenvalue weighted by molar-refractivity contribution is -0.124. The van der Waals surface area contributed by atoms with Gasteiger partial charge >= 0.3 is 0 Å². The summed E-state index contributed by atoms with van der Waals surface area (Å²) in [4.78, 5) is 30.3. The molecule has 1 aromatic heterocycles. The molecule has 6 nitrogen and oxygen atoms in total. The highest BCUT2D eigenvalue weighted by atomic mass is 32.1. The van der Waals surface area contributed by atoms with E-state index in [0.29, 0.717) is 38.3 Å². The van der Waals surface area contributed by atoms with Gasteiger partial charge in [0, 0.05) is 23.5 Å². The Morgan fingerprint density at radius 2 is 1.78 bits per heavy atom. The molecule has 3 aromatic rings. The number of carbonyl (C=O) groups is 2. The van der Waals surface area contributed by atoms with Crippen LogP contribution in [-0.2, 0) is 11.2 Å². The van der Waals surface area contributed by atoms with Crippen LogP contribution in [0.4, 0.5) is 0 Å². The van der Waals surface area contributed by atoms with Crippen LogP contribution in [0, 0.1) is 5.92 Å². The van der Waals surface area contributed by atoms with Crippen molar-refractivity contribution < 1.29 is 19.1 Å². The van der Waals surface area contributed by atoms with Crippen molar-refractivity contribution in [3.8, 4) is 11.5 Å². The lowest BCUT2D eigenvalue weighted by atomic mass is 9.81. The number of thiophene rings is 1. The van der Waals surface area contributed by atoms with Crippen molar-refractivity contribution in [2.75, 3.05) is 26.3 Å². The maximum absolute atomic E-state index is 13.8. The molecule has 2 amide bonds. The van der Waals surface area contributed by atoms with E-state index in [9.17, 15) is 9.59 Å². The molecule has 0 bridgehead atoms. The van der Waals surface area contributed by atoms with Gasteiger partial charge in [-0.1, -0.05) is 44.2 Å².